The van der Waals surface area contributed by atoms with E-state index < -0.39 is 0 Å². The molecule has 0 aromatic heterocycles. The molecule has 2 aromatic rings. The molecule has 0 fully saturated rings. The first-order valence-corrected chi connectivity index (χ1v) is 5.69. The molecule has 2 aromatic carbocycles. The zero-order valence-corrected chi connectivity index (χ0v) is 10.1. The number of hydrogen-bond donors (Lipinski definition) is 0. The van der Waals surface area contributed by atoms with Crippen LogP contribution < -0.4 is 0 Å². The minimum absolute atomic E-state index is 0. The van der Waals surface area contributed by atoms with Gasteiger partial charge in [-0.1, -0.05) is 0 Å². The van der Waals surface area contributed by atoms with E-state index in [1.54, 1.807) is 0 Å². The monoisotopic (exact) mass is 246 g/mol. The molecule has 0 aliphatic rings. The van der Waals surface area contributed by atoms with E-state index in [1.807, 2.05) is 42.1 Å². The van der Waals surface area contributed by atoms with E-state index in [0.29, 0.717) is 0 Å². The number of rotatable bonds is 2. The third kappa shape index (κ3) is 6.09. The van der Waals surface area contributed by atoms with Gasteiger partial charge in [0.05, 0.1) is 0 Å². The van der Waals surface area contributed by atoms with Crippen LogP contribution in [0.15, 0.2) is 54.6 Å². The summed E-state index contributed by atoms with van der Waals surface area (Å²) in [6.07, 6.45) is 2.12. The van der Waals surface area contributed by atoms with E-state index >= 15 is 0 Å². The van der Waals surface area contributed by atoms with E-state index in [-0.39, 0.29) is 17.1 Å². The fourth-order valence-corrected chi connectivity index (χ4v) is 1.52. The van der Waals surface area contributed by atoms with E-state index in [4.69, 9.17) is 0 Å². The number of hydrogen-bond acceptors (Lipinski definition) is 1. The molecule has 0 N–H and O–H groups in total. The average Bonchev–Trinajstić information content (AvgIpc) is 2.79. The van der Waals surface area contributed by atoms with Crippen LogP contribution in [-0.2, 0) is 22.8 Å². The second-order valence-electron chi connectivity index (χ2n) is 2.69. The first-order valence-electron chi connectivity index (χ1n) is 4.29. The minimum Gasteiger partial charge on any atom is -0.214 e. The fraction of sp³-hybridized carbons (Fsp3) is 0.167. The summed E-state index contributed by atoms with van der Waals surface area (Å²) in [7, 11) is 0. The second-order valence-corrected chi connectivity index (χ2v) is 3.55. The van der Waals surface area contributed by atoms with Crippen molar-refractivity contribution in [2.24, 2.45) is 0 Å². The van der Waals surface area contributed by atoms with Crippen molar-refractivity contribution >= 4 is 11.8 Å². The van der Waals surface area contributed by atoms with Crippen molar-refractivity contribution in [1.29, 1.82) is 0 Å². The Morgan fingerprint density at radius 2 is 1.64 bits per heavy atom. The standard InChI is InChI=1S/C7H9S.C5H5.Fe/c1-8-6-7-4-2-3-5-7;1-2-4-5-3-1;/h2-5H,6H2,1H3;1-5H;/q2*-1;+2. The van der Waals surface area contributed by atoms with Gasteiger partial charge in [0.25, 0.3) is 0 Å². The SMILES string of the molecule is CSC[c-]1cccc1.[Fe+2].c1cc[cH-]c1. The summed E-state index contributed by atoms with van der Waals surface area (Å²) < 4.78 is 0. The summed E-state index contributed by atoms with van der Waals surface area (Å²) in [5.41, 5.74) is 1.43. The van der Waals surface area contributed by atoms with Crippen LogP contribution in [-0.4, -0.2) is 6.26 Å². The van der Waals surface area contributed by atoms with Gasteiger partial charge in [-0.3, -0.25) is 0 Å². The van der Waals surface area contributed by atoms with Crippen molar-refractivity contribution in [3.8, 4) is 0 Å². The molecule has 0 spiro atoms. The van der Waals surface area contributed by atoms with E-state index in [0.717, 1.165) is 5.75 Å². The Hall–Kier alpha value is -0.431. The predicted octanol–water partition coefficient (Wildman–Crippen LogP) is 3.67. The van der Waals surface area contributed by atoms with Gasteiger partial charge in [0.1, 0.15) is 0 Å². The molecule has 0 unspecified atom stereocenters. The van der Waals surface area contributed by atoms with Crippen LogP contribution in [0, 0.1) is 0 Å². The third-order valence-corrected chi connectivity index (χ3v) is 2.22. The molecule has 0 heterocycles. The second kappa shape index (κ2) is 9.14. The summed E-state index contributed by atoms with van der Waals surface area (Å²) in [5.74, 6) is 1.15. The van der Waals surface area contributed by atoms with Crippen LogP contribution >= 0.6 is 11.8 Å². The average molecular weight is 246 g/mol. The van der Waals surface area contributed by atoms with Gasteiger partial charge in [0, 0.05) is 0 Å². The van der Waals surface area contributed by atoms with Crippen LogP contribution in [0.3, 0.4) is 0 Å². The molecule has 0 bridgehead atoms. The molecule has 76 valence electrons. The van der Waals surface area contributed by atoms with Crippen molar-refractivity contribution < 1.29 is 17.1 Å². The minimum atomic E-state index is 0. The molecular formula is C12H14FeS. The largest absolute Gasteiger partial charge is 2.00 e. The maximum Gasteiger partial charge on any atom is 2.00 e. The molecule has 0 atom stereocenters. The third-order valence-electron chi connectivity index (χ3n) is 1.60. The zero-order valence-electron chi connectivity index (χ0n) is 8.17. The van der Waals surface area contributed by atoms with Crippen LogP contribution in [0.1, 0.15) is 5.56 Å². The number of thioether (sulfide) groups is 1. The van der Waals surface area contributed by atoms with Crippen LogP contribution in [0.5, 0.6) is 0 Å². The molecule has 0 aliphatic carbocycles. The van der Waals surface area contributed by atoms with Crippen molar-refractivity contribution in [1.82, 2.24) is 0 Å². The molecule has 0 aliphatic heterocycles. The topological polar surface area (TPSA) is 0 Å². The van der Waals surface area contributed by atoms with Gasteiger partial charge in [-0.25, -0.2) is 24.3 Å². The molecule has 0 saturated heterocycles. The van der Waals surface area contributed by atoms with Crippen LogP contribution in [0.2, 0.25) is 0 Å². The molecule has 0 amide bonds. The fourth-order valence-electron chi connectivity index (χ4n) is 0.998. The first kappa shape index (κ1) is 13.6. The molecule has 0 radical (unpaired) electrons. The van der Waals surface area contributed by atoms with Crippen LogP contribution in [0.25, 0.3) is 0 Å². The molecular weight excluding hydrogens is 232 g/mol. The smallest absolute Gasteiger partial charge is 0.214 e. The normalized spacial score (nSPS) is 8.36. The Bertz CT molecular complexity index is 254. The Labute approximate surface area is 101 Å². The van der Waals surface area contributed by atoms with Gasteiger partial charge in [0.15, 0.2) is 0 Å². The summed E-state index contributed by atoms with van der Waals surface area (Å²) in [6, 6.07) is 18.4. The predicted molar refractivity (Wildman–Crippen MR) is 61.3 cm³/mol. The summed E-state index contributed by atoms with van der Waals surface area (Å²) in [5, 5.41) is 0. The molecule has 0 saturated carbocycles. The van der Waals surface area contributed by atoms with Gasteiger partial charge < -0.3 is 0 Å². The van der Waals surface area contributed by atoms with Gasteiger partial charge in [-0.2, -0.15) is 42.1 Å². The molecule has 2 rings (SSSR count). The Morgan fingerprint density at radius 3 is 2.00 bits per heavy atom. The molecule has 0 nitrogen and oxygen atoms in total. The van der Waals surface area contributed by atoms with Gasteiger partial charge in [0.2, 0.25) is 0 Å². The molecule has 14 heavy (non-hydrogen) atoms. The summed E-state index contributed by atoms with van der Waals surface area (Å²) >= 11 is 1.86. The Morgan fingerprint density at radius 1 is 1.07 bits per heavy atom. The summed E-state index contributed by atoms with van der Waals surface area (Å²) in [4.78, 5) is 0. The van der Waals surface area contributed by atoms with Gasteiger partial charge in [-0.05, 0) is 12.0 Å². The van der Waals surface area contributed by atoms with Gasteiger partial charge >= 0.3 is 17.1 Å². The maximum absolute atomic E-state index is 2.15. The van der Waals surface area contributed by atoms with E-state index in [1.165, 1.54) is 5.56 Å². The van der Waals surface area contributed by atoms with Crippen molar-refractivity contribution in [3.05, 3.63) is 60.2 Å². The van der Waals surface area contributed by atoms with Crippen molar-refractivity contribution in [2.75, 3.05) is 6.26 Å². The van der Waals surface area contributed by atoms with Crippen LogP contribution in [0.4, 0.5) is 0 Å². The Balaban J connectivity index is 0.000000246. The van der Waals surface area contributed by atoms with E-state index in [2.05, 4.69) is 30.5 Å². The quantitative estimate of drug-likeness (QED) is 0.575. The van der Waals surface area contributed by atoms with Crippen molar-refractivity contribution in [3.63, 3.8) is 0 Å². The maximum atomic E-state index is 2.15. The first-order chi connectivity index (χ1) is 6.43. The molecule has 2 heteroatoms. The van der Waals surface area contributed by atoms with Gasteiger partial charge in [-0.15, -0.1) is 5.56 Å². The van der Waals surface area contributed by atoms with Crippen molar-refractivity contribution in [2.45, 2.75) is 5.75 Å². The van der Waals surface area contributed by atoms with E-state index in [9.17, 15) is 0 Å². The zero-order chi connectivity index (χ0) is 9.36. The summed E-state index contributed by atoms with van der Waals surface area (Å²) in [6.45, 7) is 0. The Kier molecular flexibility index (Phi) is 8.86.